The summed E-state index contributed by atoms with van der Waals surface area (Å²) in [6.07, 6.45) is 1.76. The van der Waals surface area contributed by atoms with Crippen LogP contribution in [0.25, 0.3) is 11.1 Å². The van der Waals surface area contributed by atoms with Gasteiger partial charge in [0.15, 0.2) is 11.6 Å². The first-order chi connectivity index (χ1) is 10.5. The van der Waals surface area contributed by atoms with Gasteiger partial charge >= 0.3 is 0 Å². The maximum atomic E-state index is 13.1. The molecule has 1 aliphatic rings. The Hall–Kier alpha value is -1.92. The first kappa shape index (κ1) is 15.0. The van der Waals surface area contributed by atoms with Crippen molar-refractivity contribution in [3.05, 3.63) is 48.3 Å². The fraction of sp³-hybridized carbons (Fsp3) is 0.250. The molecule has 116 valence electrons. The maximum absolute atomic E-state index is 13.1. The summed E-state index contributed by atoms with van der Waals surface area (Å²) in [4.78, 5) is 0.218. The summed E-state index contributed by atoms with van der Waals surface area (Å²) in [7, 11) is -3.49. The van der Waals surface area contributed by atoms with E-state index >= 15 is 0 Å². The van der Waals surface area contributed by atoms with Crippen LogP contribution in [0.4, 0.5) is 4.39 Å². The second kappa shape index (κ2) is 5.70. The lowest BCUT2D eigenvalue weighted by Crippen LogP contribution is -2.27. The SMILES string of the molecule is O=S(=O)(c1cccc(-c2ccc(F)c(O)c2)c1)N1CCCC1. The third-order valence-corrected chi connectivity index (χ3v) is 5.71. The first-order valence-electron chi connectivity index (χ1n) is 7.07. The highest BCUT2D eigenvalue weighted by molar-refractivity contribution is 7.89. The van der Waals surface area contributed by atoms with E-state index in [4.69, 9.17) is 0 Å². The third-order valence-electron chi connectivity index (χ3n) is 3.82. The standard InChI is InChI=1S/C16H16FNO3S/c17-15-7-6-13(11-16(15)19)12-4-3-5-14(10-12)22(20,21)18-8-1-2-9-18/h3-7,10-11,19H,1-2,8-9H2. The second-order valence-electron chi connectivity index (χ2n) is 5.31. The number of phenolic OH excluding ortho intramolecular Hbond substituents is 1. The van der Waals surface area contributed by atoms with Crippen LogP contribution in [0.1, 0.15) is 12.8 Å². The molecule has 0 unspecified atom stereocenters. The largest absolute Gasteiger partial charge is 0.505 e. The van der Waals surface area contributed by atoms with Gasteiger partial charge in [-0.25, -0.2) is 12.8 Å². The van der Waals surface area contributed by atoms with Crippen LogP contribution < -0.4 is 0 Å². The van der Waals surface area contributed by atoms with Gasteiger partial charge < -0.3 is 5.11 Å². The van der Waals surface area contributed by atoms with E-state index in [0.29, 0.717) is 24.2 Å². The predicted octanol–water partition coefficient (Wildman–Crippen LogP) is 2.98. The smallest absolute Gasteiger partial charge is 0.243 e. The Labute approximate surface area is 128 Å². The molecule has 4 nitrogen and oxygen atoms in total. The average Bonchev–Trinajstić information content (AvgIpc) is 3.05. The van der Waals surface area contributed by atoms with E-state index in [0.717, 1.165) is 18.9 Å². The van der Waals surface area contributed by atoms with Crippen molar-refractivity contribution in [2.45, 2.75) is 17.7 Å². The zero-order chi connectivity index (χ0) is 15.7. The number of halogens is 1. The molecule has 22 heavy (non-hydrogen) atoms. The highest BCUT2D eigenvalue weighted by Crippen LogP contribution is 2.29. The minimum Gasteiger partial charge on any atom is -0.505 e. The highest BCUT2D eigenvalue weighted by Gasteiger charge is 2.27. The van der Waals surface area contributed by atoms with Crippen LogP contribution in [-0.4, -0.2) is 30.9 Å². The molecule has 0 bridgehead atoms. The van der Waals surface area contributed by atoms with Crippen molar-refractivity contribution in [3.63, 3.8) is 0 Å². The number of rotatable bonds is 3. The minimum atomic E-state index is -3.49. The molecule has 1 N–H and O–H groups in total. The van der Waals surface area contributed by atoms with Gasteiger partial charge in [0.25, 0.3) is 0 Å². The van der Waals surface area contributed by atoms with Gasteiger partial charge in [-0.15, -0.1) is 0 Å². The van der Waals surface area contributed by atoms with E-state index in [9.17, 15) is 17.9 Å². The topological polar surface area (TPSA) is 57.6 Å². The number of hydrogen-bond acceptors (Lipinski definition) is 3. The van der Waals surface area contributed by atoms with Gasteiger partial charge in [-0.3, -0.25) is 0 Å². The number of aromatic hydroxyl groups is 1. The summed E-state index contributed by atoms with van der Waals surface area (Å²) in [5.74, 6) is -1.16. The molecule has 2 aromatic carbocycles. The van der Waals surface area contributed by atoms with Crippen LogP contribution >= 0.6 is 0 Å². The number of phenols is 1. The van der Waals surface area contributed by atoms with E-state index < -0.39 is 21.6 Å². The lowest BCUT2D eigenvalue weighted by molar-refractivity contribution is 0.433. The van der Waals surface area contributed by atoms with Gasteiger partial charge in [0, 0.05) is 13.1 Å². The molecule has 1 saturated heterocycles. The van der Waals surface area contributed by atoms with E-state index in [1.54, 1.807) is 24.3 Å². The average molecular weight is 321 g/mol. The molecule has 1 aliphatic heterocycles. The molecular weight excluding hydrogens is 305 g/mol. The third kappa shape index (κ3) is 2.71. The van der Waals surface area contributed by atoms with Gasteiger partial charge in [-0.2, -0.15) is 4.31 Å². The molecule has 0 amide bonds. The Morgan fingerprint density at radius 2 is 1.68 bits per heavy atom. The molecule has 0 saturated carbocycles. The first-order valence-corrected chi connectivity index (χ1v) is 8.51. The van der Waals surface area contributed by atoms with Crippen molar-refractivity contribution in [1.29, 1.82) is 0 Å². The molecule has 0 spiro atoms. The van der Waals surface area contributed by atoms with Crippen molar-refractivity contribution < 1.29 is 17.9 Å². The molecule has 0 radical (unpaired) electrons. The highest BCUT2D eigenvalue weighted by atomic mass is 32.2. The number of sulfonamides is 1. The summed E-state index contributed by atoms with van der Waals surface area (Å²) >= 11 is 0. The van der Waals surface area contributed by atoms with Crippen molar-refractivity contribution in [2.24, 2.45) is 0 Å². The van der Waals surface area contributed by atoms with Crippen LogP contribution in [-0.2, 0) is 10.0 Å². The Balaban J connectivity index is 2.00. The van der Waals surface area contributed by atoms with Gasteiger partial charge in [-0.05, 0) is 48.2 Å². The van der Waals surface area contributed by atoms with Crippen LogP contribution in [0.2, 0.25) is 0 Å². The van der Waals surface area contributed by atoms with E-state index in [1.165, 1.54) is 16.4 Å². The summed E-state index contributed by atoms with van der Waals surface area (Å²) < 4.78 is 39.7. The molecule has 6 heteroatoms. The Morgan fingerprint density at radius 1 is 1.00 bits per heavy atom. The molecular formula is C16H16FNO3S. The summed E-state index contributed by atoms with van der Waals surface area (Å²) in [6.45, 7) is 1.09. The normalized spacial score (nSPS) is 16.0. The van der Waals surface area contributed by atoms with Gasteiger partial charge in [-0.1, -0.05) is 18.2 Å². The number of hydrogen-bond donors (Lipinski definition) is 1. The van der Waals surface area contributed by atoms with Gasteiger partial charge in [0.05, 0.1) is 4.90 Å². The minimum absolute atomic E-state index is 0.218. The summed E-state index contributed by atoms with van der Waals surface area (Å²) in [5.41, 5.74) is 1.19. The monoisotopic (exact) mass is 321 g/mol. The van der Waals surface area contributed by atoms with Crippen molar-refractivity contribution >= 4 is 10.0 Å². The molecule has 1 heterocycles. The molecule has 0 atom stereocenters. The zero-order valence-corrected chi connectivity index (χ0v) is 12.7. The summed E-state index contributed by atoms with van der Waals surface area (Å²) in [5, 5.41) is 9.46. The van der Waals surface area contributed by atoms with Crippen molar-refractivity contribution in [1.82, 2.24) is 4.31 Å². The lowest BCUT2D eigenvalue weighted by atomic mass is 10.1. The maximum Gasteiger partial charge on any atom is 0.243 e. The summed E-state index contributed by atoms with van der Waals surface area (Å²) in [6, 6.07) is 10.5. The fourth-order valence-corrected chi connectivity index (χ4v) is 4.17. The van der Waals surface area contributed by atoms with E-state index in [2.05, 4.69) is 0 Å². The van der Waals surface area contributed by atoms with Crippen molar-refractivity contribution in [3.8, 4) is 16.9 Å². The zero-order valence-electron chi connectivity index (χ0n) is 11.9. The Kier molecular flexibility index (Phi) is 3.88. The predicted molar refractivity (Wildman–Crippen MR) is 81.5 cm³/mol. The van der Waals surface area contributed by atoms with Crippen LogP contribution in [0.3, 0.4) is 0 Å². The van der Waals surface area contributed by atoms with Crippen LogP contribution in [0.15, 0.2) is 47.4 Å². The number of benzene rings is 2. The van der Waals surface area contributed by atoms with E-state index in [1.807, 2.05) is 0 Å². The second-order valence-corrected chi connectivity index (χ2v) is 7.24. The molecule has 1 fully saturated rings. The molecule has 2 aromatic rings. The van der Waals surface area contributed by atoms with Crippen LogP contribution in [0, 0.1) is 5.82 Å². The quantitative estimate of drug-likeness (QED) is 0.945. The van der Waals surface area contributed by atoms with Crippen molar-refractivity contribution in [2.75, 3.05) is 13.1 Å². The van der Waals surface area contributed by atoms with Crippen LogP contribution in [0.5, 0.6) is 5.75 Å². The van der Waals surface area contributed by atoms with E-state index in [-0.39, 0.29) is 4.90 Å². The Bertz CT molecular complexity index is 799. The van der Waals surface area contributed by atoms with Gasteiger partial charge in [0.2, 0.25) is 10.0 Å². The number of nitrogens with zero attached hydrogens (tertiary/aromatic N) is 1. The fourth-order valence-electron chi connectivity index (χ4n) is 2.61. The molecule has 3 rings (SSSR count). The Morgan fingerprint density at radius 3 is 2.36 bits per heavy atom. The molecule has 0 aliphatic carbocycles. The lowest BCUT2D eigenvalue weighted by Gasteiger charge is -2.16. The van der Waals surface area contributed by atoms with Gasteiger partial charge in [0.1, 0.15) is 0 Å². The molecule has 0 aromatic heterocycles.